The van der Waals surface area contributed by atoms with Crippen LogP contribution in [0.5, 0.6) is 0 Å². The predicted octanol–water partition coefficient (Wildman–Crippen LogP) is 3.84. The number of benzene rings is 1. The van der Waals surface area contributed by atoms with E-state index in [4.69, 9.17) is 0 Å². The van der Waals surface area contributed by atoms with Gasteiger partial charge < -0.3 is 5.32 Å². The van der Waals surface area contributed by atoms with Crippen LogP contribution in [0.2, 0.25) is 0 Å². The highest BCUT2D eigenvalue weighted by Crippen LogP contribution is 2.23. The van der Waals surface area contributed by atoms with E-state index in [0.29, 0.717) is 0 Å². The summed E-state index contributed by atoms with van der Waals surface area (Å²) >= 11 is 0. The second kappa shape index (κ2) is 8.58. The van der Waals surface area contributed by atoms with Gasteiger partial charge in [0.2, 0.25) is 0 Å². The lowest BCUT2D eigenvalue weighted by Gasteiger charge is -2.26. The maximum Gasteiger partial charge on any atom is 0.0517 e. The summed E-state index contributed by atoms with van der Waals surface area (Å²) in [7, 11) is -0.820. The summed E-state index contributed by atoms with van der Waals surface area (Å²) in [5.41, 5.74) is 2.60. The molecule has 0 aliphatic carbocycles. The van der Waals surface area contributed by atoms with Gasteiger partial charge in [0.15, 0.2) is 0 Å². The number of hydrogen-bond acceptors (Lipinski definition) is 2. The number of nitrogens with one attached hydrogen (secondary N) is 1. The van der Waals surface area contributed by atoms with Crippen LogP contribution in [-0.2, 0) is 17.2 Å². The first kappa shape index (κ1) is 17.4. The zero-order valence-electron chi connectivity index (χ0n) is 13.5. The molecule has 3 atom stereocenters. The highest BCUT2D eigenvalue weighted by Gasteiger charge is 2.25. The molecular weight excluding hydrogens is 266 g/mol. The van der Waals surface area contributed by atoms with E-state index < -0.39 is 10.8 Å². The van der Waals surface area contributed by atoms with Crippen LogP contribution in [0.4, 0.5) is 0 Å². The van der Waals surface area contributed by atoms with E-state index in [9.17, 15) is 4.21 Å². The molecule has 0 heterocycles. The van der Waals surface area contributed by atoms with Crippen LogP contribution in [0.3, 0.4) is 0 Å². The first-order valence-corrected chi connectivity index (χ1v) is 9.00. The van der Waals surface area contributed by atoms with Crippen molar-refractivity contribution in [3.8, 4) is 0 Å². The lowest BCUT2D eigenvalue weighted by atomic mass is 10.0. The van der Waals surface area contributed by atoms with E-state index in [-0.39, 0.29) is 16.5 Å². The Kier molecular flexibility index (Phi) is 7.46. The van der Waals surface area contributed by atoms with Crippen LogP contribution < -0.4 is 5.32 Å². The van der Waals surface area contributed by atoms with Crippen molar-refractivity contribution in [1.82, 2.24) is 5.32 Å². The van der Waals surface area contributed by atoms with Crippen LogP contribution >= 0.6 is 0 Å². The maximum atomic E-state index is 12.4. The van der Waals surface area contributed by atoms with Gasteiger partial charge in [0, 0.05) is 22.1 Å². The predicted molar refractivity (Wildman–Crippen MR) is 89.6 cm³/mol. The van der Waals surface area contributed by atoms with Crippen molar-refractivity contribution >= 4 is 10.8 Å². The van der Waals surface area contributed by atoms with E-state index in [1.165, 1.54) is 11.1 Å². The molecule has 0 fully saturated rings. The molecule has 1 aromatic rings. The molecule has 1 rings (SSSR count). The molecule has 3 unspecified atom stereocenters. The van der Waals surface area contributed by atoms with Gasteiger partial charge in [0.05, 0.1) is 5.25 Å². The standard InChI is InChI=1S/C17H29NOS/c1-6-12-18-17(14(5)20(19)13(3)4)16-10-8-15(7-2)9-11-16/h8-11,13-14,17-18H,6-7,12H2,1-5H3. The quantitative estimate of drug-likeness (QED) is 0.789. The molecular formula is C17H29NOS. The van der Waals surface area contributed by atoms with Gasteiger partial charge in [-0.3, -0.25) is 4.21 Å². The number of rotatable bonds is 8. The van der Waals surface area contributed by atoms with E-state index >= 15 is 0 Å². The summed E-state index contributed by atoms with van der Waals surface area (Å²) in [5.74, 6) is 0. The van der Waals surface area contributed by atoms with Crippen molar-refractivity contribution in [2.75, 3.05) is 6.54 Å². The minimum atomic E-state index is -0.820. The molecule has 0 aliphatic heterocycles. The zero-order valence-corrected chi connectivity index (χ0v) is 14.3. The SMILES string of the molecule is CCCNC(c1ccc(CC)cc1)C(C)S(=O)C(C)C. The third-order valence-corrected chi connectivity index (χ3v) is 5.60. The summed E-state index contributed by atoms with van der Waals surface area (Å²) in [6.07, 6.45) is 2.14. The van der Waals surface area contributed by atoms with Crippen LogP contribution in [0, 0.1) is 0 Å². The lowest BCUT2D eigenvalue weighted by molar-refractivity contribution is 0.516. The minimum Gasteiger partial charge on any atom is -0.309 e. The first-order valence-electron chi connectivity index (χ1n) is 7.72. The molecule has 0 saturated heterocycles. The molecule has 0 spiro atoms. The topological polar surface area (TPSA) is 29.1 Å². The fraction of sp³-hybridized carbons (Fsp3) is 0.647. The Morgan fingerprint density at radius 2 is 1.70 bits per heavy atom. The van der Waals surface area contributed by atoms with Crippen LogP contribution in [0.25, 0.3) is 0 Å². The van der Waals surface area contributed by atoms with E-state index in [1.54, 1.807) is 0 Å². The largest absolute Gasteiger partial charge is 0.309 e. The van der Waals surface area contributed by atoms with Gasteiger partial charge >= 0.3 is 0 Å². The third-order valence-electron chi connectivity index (χ3n) is 3.66. The van der Waals surface area contributed by atoms with Gasteiger partial charge in [-0.15, -0.1) is 0 Å². The van der Waals surface area contributed by atoms with Gasteiger partial charge in [-0.2, -0.15) is 0 Å². The monoisotopic (exact) mass is 295 g/mol. The Labute approximate surface area is 126 Å². The highest BCUT2D eigenvalue weighted by molar-refractivity contribution is 7.86. The molecule has 0 amide bonds. The Morgan fingerprint density at radius 1 is 1.10 bits per heavy atom. The van der Waals surface area contributed by atoms with Gasteiger partial charge in [-0.05, 0) is 37.4 Å². The van der Waals surface area contributed by atoms with E-state index in [2.05, 4.69) is 50.4 Å². The van der Waals surface area contributed by atoms with Crippen molar-refractivity contribution in [3.05, 3.63) is 35.4 Å². The Hall–Kier alpha value is -0.670. The van der Waals surface area contributed by atoms with Crippen molar-refractivity contribution in [1.29, 1.82) is 0 Å². The van der Waals surface area contributed by atoms with Gasteiger partial charge in [0.1, 0.15) is 0 Å². The zero-order chi connectivity index (χ0) is 15.1. The molecule has 2 nitrogen and oxygen atoms in total. The normalized spacial score (nSPS) is 16.1. The molecule has 0 aromatic heterocycles. The molecule has 1 aromatic carbocycles. The molecule has 0 radical (unpaired) electrons. The fourth-order valence-corrected chi connectivity index (χ4v) is 3.76. The second-order valence-corrected chi connectivity index (χ2v) is 7.95. The average molecular weight is 295 g/mol. The molecule has 20 heavy (non-hydrogen) atoms. The second-order valence-electron chi connectivity index (χ2n) is 5.61. The van der Waals surface area contributed by atoms with Crippen molar-refractivity contribution < 1.29 is 4.21 Å². The summed E-state index contributed by atoms with van der Waals surface area (Å²) in [6.45, 7) is 11.4. The van der Waals surface area contributed by atoms with E-state index in [1.807, 2.05) is 13.8 Å². The molecule has 0 bridgehead atoms. The third kappa shape index (κ3) is 4.71. The fourth-order valence-electron chi connectivity index (χ4n) is 2.38. The average Bonchev–Trinajstić information content (AvgIpc) is 2.47. The summed E-state index contributed by atoms with van der Waals surface area (Å²) in [4.78, 5) is 0. The van der Waals surface area contributed by atoms with Gasteiger partial charge in [-0.25, -0.2) is 0 Å². The molecule has 0 aliphatic rings. The summed E-state index contributed by atoms with van der Waals surface area (Å²) < 4.78 is 12.4. The van der Waals surface area contributed by atoms with Crippen LogP contribution in [0.15, 0.2) is 24.3 Å². The molecule has 114 valence electrons. The van der Waals surface area contributed by atoms with Crippen molar-refractivity contribution in [3.63, 3.8) is 0 Å². The number of aryl methyl sites for hydroxylation is 1. The van der Waals surface area contributed by atoms with Crippen LogP contribution in [-0.4, -0.2) is 21.3 Å². The maximum absolute atomic E-state index is 12.4. The Bertz CT molecular complexity index is 414. The summed E-state index contributed by atoms with van der Waals surface area (Å²) in [5, 5.41) is 3.88. The van der Waals surface area contributed by atoms with Crippen LogP contribution in [0.1, 0.15) is 58.2 Å². The Balaban J connectivity index is 2.94. The minimum absolute atomic E-state index is 0.119. The molecule has 3 heteroatoms. The number of hydrogen-bond donors (Lipinski definition) is 1. The summed E-state index contributed by atoms with van der Waals surface area (Å²) in [6, 6.07) is 8.89. The van der Waals surface area contributed by atoms with E-state index in [0.717, 1.165) is 19.4 Å². The molecule has 1 N–H and O–H groups in total. The van der Waals surface area contributed by atoms with Crippen molar-refractivity contribution in [2.24, 2.45) is 0 Å². The smallest absolute Gasteiger partial charge is 0.0517 e. The lowest BCUT2D eigenvalue weighted by Crippen LogP contribution is -2.35. The van der Waals surface area contributed by atoms with Crippen molar-refractivity contribution in [2.45, 2.75) is 64.0 Å². The Morgan fingerprint density at radius 3 is 2.15 bits per heavy atom. The molecule has 0 saturated carbocycles. The first-order chi connectivity index (χ1) is 9.51. The highest BCUT2D eigenvalue weighted by atomic mass is 32.2. The van der Waals surface area contributed by atoms with Gasteiger partial charge in [-0.1, -0.05) is 52.0 Å². The van der Waals surface area contributed by atoms with Gasteiger partial charge in [0.25, 0.3) is 0 Å².